The maximum Gasteiger partial charge on any atom is 0.408 e. The van der Waals surface area contributed by atoms with Crippen LogP contribution < -0.4 is 43.0 Å². The molecule has 2 aliphatic heterocycles. The minimum Gasteiger partial charge on any atom is -0.469 e. The van der Waals surface area contributed by atoms with Gasteiger partial charge < -0.3 is 105 Å². The van der Waals surface area contributed by atoms with E-state index < -0.39 is 125 Å². The van der Waals surface area contributed by atoms with E-state index >= 15 is 0 Å². The third kappa shape index (κ3) is 62.2. The Bertz CT molecular complexity index is 4250. The zero-order valence-electron chi connectivity index (χ0n) is 89.7. The number of alkyl carbamates (subject to hydrolysis) is 6. The lowest BCUT2D eigenvalue weighted by molar-refractivity contribution is -0.150. The van der Waals surface area contributed by atoms with E-state index in [1.807, 2.05) is 71.9 Å². The Kier molecular flexibility index (Phi) is 55.8. The van der Waals surface area contributed by atoms with Gasteiger partial charge in [0.15, 0.2) is 0 Å². The predicted octanol–water partition coefficient (Wildman–Crippen LogP) is 14.0. The third-order valence-electron chi connectivity index (χ3n) is 22.4. The molecule has 2 spiro atoms. The number of hydrogen-bond donors (Lipinski definition) is 10. The monoisotopic (exact) mass is 2030 g/mol. The number of nitrogens with zero attached hydrogens (tertiary/aromatic N) is 2. The minimum absolute atomic E-state index is 0.00787. The van der Waals surface area contributed by atoms with Crippen LogP contribution in [0.3, 0.4) is 0 Å². The summed E-state index contributed by atoms with van der Waals surface area (Å²) in [7, 11) is -2.28. The molecule has 2 aromatic carbocycles. The van der Waals surface area contributed by atoms with Gasteiger partial charge in [-0.25, -0.2) is 38.4 Å². The molecule has 808 valence electrons. The Morgan fingerprint density at radius 3 is 1.22 bits per heavy atom. The van der Waals surface area contributed by atoms with Gasteiger partial charge in [-0.2, -0.15) is 16.8 Å². The molecule has 7 fully saturated rings. The van der Waals surface area contributed by atoms with Crippen molar-refractivity contribution in [2.75, 3.05) is 113 Å². The molecule has 5 aliphatic carbocycles. The number of benzene rings is 2. The van der Waals surface area contributed by atoms with E-state index in [0.29, 0.717) is 55.9 Å². The number of likely N-dealkylation sites (tertiary alicyclic amines) is 1. The van der Waals surface area contributed by atoms with Gasteiger partial charge in [-0.05, 0) is 280 Å². The van der Waals surface area contributed by atoms with Gasteiger partial charge in [0, 0.05) is 64.4 Å². The quantitative estimate of drug-likeness (QED) is 0.0180. The Balaban J connectivity index is 0.000000812. The van der Waals surface area contributed by atoms with Crippen LogP contribution in [0, 0.1) is 27.1 Å². The van der Waals surface area contributed by atoms with Crippen molar-refractivity contribution in [3.63, 3.8) is 0 Å². The molecule has 0 unspecified atom stereocenters. The standard InChI is InChI=1S/C19H28N2O2.C14H27NO8S2.C14H23NO6.C12H22N2O2.C12H21NO6.C12H23NO4.C7H9N.C6H15N.C4H10/c1-18(2,3)23-17(22)20-16-11-19(9-10-19)14-21(13-16)12-15-7-5-4-6-8-15;1-13(2,3)23-12(16)15-11(9-21-24(4,17)18)8-14(6-7-14)10-22-25(5,19)20;1-13(2,3)21-12(18)15-9(10(16)19-4)8-14(6-7-14)11(17)20-5;1-11(2,3)16-10(15)14-9-6-12(4-5-12)8-13-7-9;1-12(2,3)19-11(16)13-8(10(15)18-5)6-7-9(14)17-4;1-11(2,3)17-10(16)13-9(7-14)6-12(8-15)4-5-12;8-6-7-4-2-1-3-5-7;1-4-7(5-2)6-3;1-3-4-2/h4-8,16H,9-14H2,1-3H3,(H,20,22);11H,6-10H2,1-5H3,(H,15,16);9H,6-8H2,1-5H3,(H,15,18);9,13H,4-8H2,1-3H3,(H,14,15);8H,6-7H2,1-5H3,(H,13,16);9,14-15H,4-8H2,1-3H3,(H,13,16);1-5H,6,8H2;4-6H2,1-3H3;3-4H2,1-2H3/t16-;11-;2*9-;8-;9-;;;/m000000.../s1. The summed E-state index contributed by atoms with van der Waals surface area (Å²) >= 11 is 0. The number of methoxy groups -OCH3 is 4. The Labute approximate surface area is 836 Å². The van der Waals surface area contributed by atoms with Crippen molar-refractivity contribution < 1.29 is 131 Å². The molecule has 0 aromatic heterocycles. The van der Waals surface area contributed by atoms with Crippen molar-refractivity contribution in [2.24, 2.45) is 32.8 Å². The summed E-state index contributed by atoms with van der Waals surface area (Å²) in [4.78, 5) is 121. The second kappa shape index (κ2) is 60.3. The Morgan fingerprint density at radius 1 is 0.479 bits per heavy atom. The van der Waals surface area contributed by atoms with Gasteiger partial charge in [0.05, 0.1) is 78.3 Å². The molecule has 11 N–H and O–H groups in total. The molecule has 6 atom stereocenters. The fraction of sp³-hybridized carbons (Fsp3) is 0.780. The molecule has 2 heterocycles. The number of esters is 4. The summed E-state index contributed by atoms with van der Waals surface area (Å²) in [5.41, 5.74) is 4.10. The molecule has 7 aliphatic rings. The topological polar surface area (TPSA) is 507 Å². The number of carbonyl (C=O) groups is 10. The van der Waals surface area contributed by atoms with Gasteiger partial charge in [-0.1, -0.05) is 108 Å². The third-order valence-corrected chi connectivity index (χ3v) is 23.5. The van der Waals surface area contributed by atoms with Gasteiger partial charge in [0.2, 0.25) is 0 Å². The average molecular weight is 2030 g/mol. The lowest BCUT2D eigenvalue weighted by Gasteiger charge is -2.38. The van der Waals surface area contributed by atoms with E-state index in [1.54, 1.807) is 83.1 Å². The first-order valence-corrected chi connectivity index (χ1v) is 52.4. The van der Waals surface area contributed by atoms with Crippen LogP contribution in [0.15, 0.2) is 60.7 Å². The van der Waals surface area contributed by atoms with Crippen molar-refractivity contribution >= 4 is 80.7 Å². The van der Waals surface area contributed by atoms with Crippen LogP contribution in [0.5, 0.6) is 0 Å². The van der Waals surface area contributed by atoms with Crippen molar-refractivity contribution in [1.82, 2.24) is 47.0 Å². The summed E-state index contributed by atoms with van der Waals surface area (Å²) < 4.78 is 104. The summed E-state index contributed by atoms with van der Waals surface area (Å²) in [6.45, 7) is 51.9. The van der Waals surface area contributed by atoms with Gasteiger partial charge >= 0.3 is 60.4 Å². The molecule has 0 bridgehead atoms. The molecule has 9 rings (SSSR count). The highest BCUT2D eigenvalue weighted by Crippen LogP contribution is 2.54. The molecule has 2 aromatic rings. The number of unbranched alkanes of at least 4 members (excludes halogenated alkanes) is 1. The van der Waals surface area contributed by atoms with Crippen LogP contribution in [0.25, 0.3) is 0 Å². The van der Waals surface area contributed by atoms with E-state index in [1.165, 1.54) is 97.7 Å². The number of amides is 6. The average Bonchev–Trinajstić information content (AvgIpc) is 1.63. The van der Waals surface area contributed by atoms with E-state index in [0.717, 1.165) is 70.9 Å². The van der Waals surface area contributed by atoms with E-state index in [2.05, 4.69) is 126 Å². The van der Waals surface area contributed by atoms with Crippen LogP contribution >= 0.6 is 0 Å². The normalized spacial score (nSPS) is 18.2. The first kappa shape index (κ1) is 130. The van der Waals surface area contributed by atoms with Gasteiger partial charge in [-0.15, -0.1) is 0 Å². The number of ether oxygens (including phenoxy) is 10. The number of nitrogens with one attached hydrogen (secondary N) is 7. The summed E-state index contributed by atoms with van der Waals surface area (Å²) in [5, 5.41) is 37.9. The van der Waals surface area contributed by atoms with Gasteiger partial charge in [0.25, 0.3) is 20.2 Å². The minimum atomic E-state index is -3.68. The second-order valence-electron chi connectivity index (χ2n) is 43.1. The largest absolute Gasteiger partial charge is 0.469 e. The summed E-state index contributed by atoms with van der Waals surface area (Å²) in [6, 6.07) is 18.1. The van der Waals surface area contributed by atoms with E-state index in [-0.39, 0.29) is 87.4 Å². The zero-order valence-corrected chi connectivity index (χ0v) is 91.3. The van der Waals surface area contributed by atoms with Crippen LogP contribution in [0.2, 0.25) is 0 Å². The molecule has 5 saturated carbocycles. The molecule has 6 amide bonds. The molecule has 140 heavy (non-hydrogen) atoms. The highest BCUT2D eigenvalue weighted by molar-refractivity contribution is 7.86. The van der Waals surface area contributed by atoms with Crippen molar-refractivity contribution in [3.05, 3.63) is 71.8 Å². The first-order valence-electron chi connectivity index (χ1n) is 48.8. The number of aliphatic hydroxyl groups is 2. The second-order valence-corrected chi connectivity index (χ2v) is 46.4. The maximum atomic E-state index is 12.1. The molecule has 40 heteroatoms. The maximum absolute atomic E-state index is 12.1. The van der Waals surface area contributed by atoms with Crippen molar-refractivity contribution in [1.29, 1.82) is 0 Å². The lowest BCUT2D eigenvalue weighted by Crippen LogP contribution is -2.52. The number of hydrogen-bond acceptors (Lipinski definition) is 32. The smallest absolute Gasteiger partial charge is 0.408 e. The molecule has 0 radical (unpaired) electrons. The van der Waals surface area contributed by atoms with Gasteiger partial charge in [-0.3, -0.25) is 22.9 Å². The molecule has 38 nitrogen and oxygen atoms in total. The Morgan fingerprint density at radius 2 is 0.871 bits per heavy atom. The fourth-order valence-electron chi connectivity index (χ4n) is 14.3. The number of carbonyl (C=O) groups excluding carboxylic acids is 10. The summed E-state index contributed by atoms with van der Waals surface area (Å²) in [6.07, 6.45) is 14.3. The van der Waals surface area contributed by atoms with Crippen LogP contribution in [0.4, 0.5) is 28.8 Å². The van der Waals surface area contributed by atoms with Crippen LogP contribution in [0.1, 0.15) is 292 Å². The Hall–Kier alpha value is -8.48. The van der Waals surface area contributed by atoms with E-state index in [4.69, 9.17) is 47.3 Å². The van der Waals surface area contributed by atoms with Crippen molar-refractivity contribution in [2.45, 2.75) is 364 Å². The number of piperidine rings is 2. The molecular weight excluding hydrogens is 1850 g/mol. The first-order chi connectivity index (χ1) is 64.6. The lowest BCUT2D eigenvalue weighted by atomic mass is 9.91. The van der Waals surface area contributed by atoms with Crippen LogP contribution in [-0.2, 0) is 108 Å². The zero-order chi connectivity index (χ0) is 107. The highest BCUT2D eigenvalue weighted by atomic mass is 32.2. The van der Waals surface area contributed by atoms with Crippen LogP contribution in [-0.4, -0.2) is 280 Å². The molecular formula is C100H178N10O28S2. The molecule has 2 saturated heterocycles. The highest BCUT2D eigenvalue weighted by Gasteiger charge is 2.54. The SMILES string of the molecule is CC(C)(C)OC(=O)N[C@@H]1CN(Cc2ccccc2)CC2(CC2)C1.CC(C)(C)OC(=O)N[C@@H]1CNCC2(CC2)C1.CC(C)(C)OC(=O)N[C@H](CO)CC1(CO)CC1.CC(C)(C)OC(=O)N[C@H](COS(C)(=O)=O)CC1(COS(C)(=O)=O)CC1.CCCC.CCN(CC)CC.COC(=O)CC[C@H](NC(=O)OC(C)(C)C)C(=O)OC.COC(=O)[C@H](CC1(C(=O)OC)CC1)NC(=O)OC(C)(C)C.NCc1ccccc1. The fourth-order valence-corrected chi connectivity index (χ4v) is 15.2. The number of aliphatic hydroxyl groups excluding tert-OH is 2. The van der Waals surface area contributed by atoms with Gasteiger partial charge in [0.1, 0.15) is 45.7 Å². The predicted molar refractivity (Wildman–Crippen MR) is 536 cm³/mol. The van der Waals surface area contributed by atoms with Crippen molar-refractivity contribution in [3.8, 4) is 0 Å². The number of nitrogens with two attached hydrogens (primary N) is 1. The number of rotatable bonds is 33. The van der Waals surface area contributed by atoms with E-state index in [9.17, 15) is 75.0 Å². The summed E-state index contributed by atoms with van der Waals surface area (Å²) in [5.74, 6) is -2.10.